The number of benzene rings is 1. The highest BCUT2D eigenvalue weighted by Gasteiger charge is 2.30. The molecule has 1 saturated heterocycles. The first-order valence-corrected chi connectivity index (χ1v) is 12.9. The van der Waals surface area contributed by atoms with Crippen LogP contribution in [0.15, 0.2) is 43.0 Å². The van der Waals surface area contributed by atoms with E-state index in [0.717, 1.165) is 17.8 Å². The van der Waals surface area contributed by atoms with Gasteiger partial charge in [0.1, 0.15) is 29.9 Å². The lowest BCUT2D eigenvalue weighted by Gasteiger charge is -2.32. The third kappa shape index (κ3) is 5.53. The number of hydrogen-bond donors (Lipinski definition) is 2. The summed E-state index contributed by atoms with van der Waals surface area (Å²) in [4.78, 5) is 25.1. The molecule has 1 amide bonds. The van der Waals surface area contributed by atoms with Crippen LogP contribution in [0, 0.1) is 0 Å². The maximum Gasteiger partial charge on any atom is 0.274 e. The van der Waals surface area contributed by atoms with Crippen molar-refractivity contribution in [2.45, 2.75) is 19.1 Å². The van der Waals surface area contributed by atoms with E-state index in [1.165, 1.54) is 7.11 Å². The zero-order chi connectivity index (χ0) is 25.9. The van der Waals surface area contributed by atoms with Crippen molar-refractivity contribution >= 4 is 28.5 Å². The summed E-state index contributed by atoms with van der Waals surface area (Å²) in [5.41, 5.74) is 2.68. The first-order chi connectivity index (χ1) is 17.9. The second kappa shape index (κ2) is 10.7. The van der Waals surface area contributed by atoms with Gasteiger partial charge in [0.15, 0.2) is 0 Å². The van der Waals surface area contributed by atoms with Gasteiger partial charge >= 0.3 is 0 Å². The number of ether oxygens (including phenoxy) is 3. The van der Waals surface area contributed by atoms with Gasteiger partial charge in [-0.25, -0.2) is 18.9 Å². The van der Waals surface area contributed by atoms with E-state index in [-0.39, 0.29) is 18.6 Å². The van der Waals surface area contributed by atoms with Crippen LogP contribution in [0.2, 0.25) is 0 Å². The first kappa shape index (κ1) is 25.0. The van der Waals surface area contributed by atoms with Gasteiger partial charge in [0, 0.05) is 44.4 Å². The van der Waals surface area contributed by atoms with Crippen LogP contribution in [-0.2, 0) is 24.9 Å². The minimum absolute atomic E-state index is 0.0981. The number of methoxy groups -OCH3 is 1. The van der Waals surface area contributed by atoms with Crippen LogP contribution in [0.1, 0.15) is 22.5 Å². The number of carbonyl (C=O) groups excluding carboxylic acids is 1. The Morgan fingerprint density at radius 1 is 1.30 bits per heavy atom. The van der Waals surface area contributed by atoms with Gasteiger partial charge in [-0.1, -0.05) is 0 Å². The van der Waals surface area contributed by atoms with Gasteiger partial charge in [-0.3, -0.25) is 9.35 Å². The molecule has 0 radical (unpaired) electrons. The van der Waals surface area contributed by atoms with Gasteiger partial charge in [0.05, 0.1) is 44.1 Å². The lowest BCUT2D eigenvalue weighted by Crippen LogP contribution is -2.31. The Kier molecular flexibility index (Phi) is 7.26. The maximum absolute atomic E-state index is 12.7. The van der Waals surface area contributed by atoms with E-state index in [2.05, 4.69) is 19.6 Å². The number of rotatable bonds is 8. The highest BCUT2D eigenvalue weighted by atomic mass is 32.2. The number of imidazole rings is 1. The Labute approximate surface area is 216 Å². The van der Waals surface area contributed by atoms with Crippen molar-refractivity contribution in [2.75, 3.05) is 38.3 Å². The number of hydrogen-bond acceptors (Lipinski definition) is 8. The van der Waals surface area contributed by atoms with Gasteiger partial charge in [0.2, 0.25) is 17.1 Å². The number of carbonyl (C=O) groups is 1. The number of likely N-dealkylation sites (tertiary alicyclic amines) is 1. The number of nitrogens with one attached hydrogen (secondary N) is 1. The average Bonchev–Trinajstić information content (AvgIpc) is 3.55. The number of nitrogens with zero attached hydrogens (tertiary/aromatic N) is 5. The predicted octanol–water partition coefficient (Wildman–Crippen LogP) is 1.87. The molecule has 2 N–H and O–H groups in total. The molecule has 2 aliphatic heterocycles. The Morgan fingerprint density at radius 2 is 2.16 bits per heavy atom. The quantitative estimate of drug-likeness (QED) is 0.421. The number of fused-ring (bicyclic) bond motifs is 1. The molecule has 0 aliphatic carbocycles. The normalized spacial score (nSPS) is 17.8. The molecule has 2 aliphatic rings. The van der Waals surface area contributed by atoms with E-state index in [0.29, 0.717) is 54.9 Å². The van der Waals surface area contributed by atoms with Crippen LogP contribution in [0.25, 0.3) is 0 Å². The van der Waals surface area contributed by atoms with E-state index in [1.54, 1.807) is 28.2 Å². The molecule has 1 fully saturated rings. The van der Waals surface area contributed by atoms with Gasteiger partial charge in [-0.05, 0) is 18.2 Å². The molecular weight excluding hydrogens is 500 g/mol. The standard InChI is InChI=1S/C24H28N6O6S/c1-28-14-20(26-15-28)24(31)29-6-5-19(13-29)36-18-3-4-22-21(10-18)30(7-8-35-22)17-9-16(11-27-37(32)33)23(34-2)25-12-17/h3-4,9-10,12,14-15,19,27H,5-8,11,13H2,1-2H3,(H,32,33)/t19-/m0/s1. The fourth-order valence-electron chi connectivity index (χ4n) is 4.51. The predicted molar refractivity (Wildman–Crippen MR) is 135 cm³/mol. The van der Waals surface area contributed by atoms with Crippen molar-refractivity contribution in [3.8, 4) is 17.4 Å². The van der Waals surface area contributed by atoms with E-state index in [1.807, 2.05) is 31.3 Å². The third-order valence-corrected chi connectivity index (χ3v) is 6.65. The number of amides is 1. The molecule has 5 rings (SSSR count). The van der Waals surface area contributed by atoms with E-state index in [9.17, 15) is 9.00 Å². The lowest BCUT2D eigenvalue weighted by atomic mass is 10.1. The lowest BCUT2D eigenvalue weighted by molar-refractivity contribution is 0.0767. The van der Waals surface area contributed by atoms with Gasteiger partial charge in [0.25, 0.3) is 5.91 Å². The Morgan fingerprint density at radius 3 is 2.92 bits per heavy atom. The number of aromatic nitrogens is 3. The largest absolute Gasteiger partial charge is 0.490 e. The Bertz CT molecular complexity index is 1320. The summed E-state index contributed by atoms with van der Waals surface area (Å²) in [6.45, 7) is 2.27. The van der Waals surface area contributed by atoms with Gasteiger partial charge in [-0.2, -0.15) is 0 Å². The molecule has 2 aromatic heterocycles. The van der Waals surface area contributed by atoms with Crippen LogP contribution >= 0.6 is 0 Å². The molecule has 13 heteroatoms. The minimum Gasteiger partial charge on any atom is -0.490 e. The van der Waals surface area contributed by atoms with Crippen LogP contribution in [0.5, 0.6) is 17.4 Å². The van der Waals surface area contributed by atoms with Crippen molar-refractivity contribution in [2.24, 2.45) is 7.05 Å². The molecule has 0 spiro atoms. The summed E-state index contributed by atoms with van der Waals surface area (Å²) in [6, 6.07) is 7.52. The summed E-state index contributed by atoms with van der Waals surface area (Å²) in [5.74, 6) is 1.66. The van der Waals surface area contributed by atoms with E-state index in [4.69, 9.17) is 18.8 Å². The summed E-state index contributed by atoms with van der Waals surface area (Å²) in [6.07, 6.45) is 5.61. The number of aryl methyl sites for hydroxylation is 1. The van der Waals surface area contributed by atoms with Gasteiger partial charge in [-0.15, -0.1) is 0 Å². The number of anilines is 2. The van der Waals surface area contributed by atoms with Crippen molar-refractivity contribution in [3.63, 3.8) is 0 Å². The van der Waals surface area contributed by atoms with Crippen LogP contribution < -0.4 is 23.8 Å². The summed E-state index contributed by atoms with van der Waals surface area (Å²) in [5, 5.41) is 0. The van der Waals surface area contributed by atoms with Crippen LogP contribution in [0.3, 0.4) is 0 Å². The SMILES string of the molecule is COc1ncc(N2CCOc3ccc(O[C@H]4CCN(C(=O)c5cn(C)cn5)C4)cc32)cc1CNS(=O)O. The van der Waals surface area contributed by atoms with Crippen molar-refractivity contribution in [1.82, 2.24) is 24.2 Å². The molecule has 0 saturated carbocycles. The second-order valence-electron chi connectivity index (χ2n) is 8.77. The average molecular weight is 529 g/mol. The van der Waals surface area contributed by atoms with E-state index >= 15 is 0 Å². The summed E-state index contributed by atoms with van der Waals surface area (Å²) < 4.78 is 41.9. The van der Waals surface area contributed by atoms with Gasteiger partial charge < -0.3 is 28.6 Å². The monoisotopic (exact) mass is 528 g/mol. The Hall–Kier alpha value is -3.68. The molecule has 3 aromatic rings. The molecule has 2 atom stereocenters. The fraction of sp³-hybridized carbons (Fsp3) is 0.375. The topological polar surface area (TPSA) is 131 Å². The third-order valence-electron chi connectivity index (χ3n) is 6.25. The molecule has 37 heavy (non-hydrogen) atoms. The van der Waals surface area contributed by atoms with Crippen LogP contribution in [0.4, 0.5) is 11.4 Å². The highest BCUT2D eigenvalue weighted by Crippen LogP contribution is 2.40. The van der Waals surface area contributed by atoms with E-state index < -0.39 is 11.3 Å². The first-order valence-electron chi connectivity index (χ1n) is 11.8. The van der Waals surface area contributed by atoms with Crippen LogP contribution in [-0.4, -0.2) is 73.6 Å². The summed E-state index contributed by atoms with van der Waals surface area (Å²) in [7, 11) is 3.34. The molecule has 4 heterocycles. The van der Waals surface area contributed by atoms with Crippen molar-refractivity contribution < 1.29 is 27.8 Å². The zero-order valence-electron chi connectivity index (χ0n) is 20.5. The molecule has 196 valence electrons. The van der Waals surface area contributed by atoms with Crippen molar-refractivity contribution in [1.29, 1.82) is 0 Å². The van der Waals surface area contributed by atoms with Crippen molar-refractivity contribution in [3.05, 3.63) is 54.2 Å². The maximum atomic E-state index is 12.7. The molecule has 12 nitrogen and oxygen atoms in total. The summed E-state index contributed by atoms with van der Waals surface area (Å²) >= 11 is -2.16. The molecule has 1 aromatic carbocycles. The smallest absolute Gasteiger partial charge is 0.274 e. The highest BCUT2D eigenvalue weighted by molar-refractivity contribution is 7.77. The second-order valence-corrected chi connectivity index (χ2v) is 9.55. The Balaban J connectivity index is 1.32. The molecule has 1 unspecified atom stereocenters. The number of pyridine rings is 1. The molecular formula is C24H28N6O6S. The zero-order valence-corrected chi connectivity index (χ0v) is 21.3. The molecule has 0 bridgehead atoms. The minimum atomic E-state index is -2.16. The fourth-order valence-corrected chi connectivity index (χ4v) is 4.79.